The Morgan fingerprint density at radius 2 is 1.81 bits per heavy atom. The molecule has 26 heavy (non-hydrogen) atoms. The van der Waals surface area contributed by atoms with Crippen LogP contribution in [0, 0.1) is 0 Å². The molecule has 1 amide bonds. The number of carbonyl (C=O) groups excluding carboxylic acids is 1. The Kier molecular flexibility index (Phi) is 6.07. The summed E-state index contributed by atoms with van der Waals surface area (Å²) in [5.74, 6) is 0.493. The minimum atomic E-state index is -4.41. The molecule has 5 nitrogen and oxygen atoms in total. The van der Waals surface area contributed by atoms with Crippen LogP contribution >= 0.6 is 0 Å². The summed E-state index contributed by atoms with van der Waals surface area (Å²) >= 11 is 0. The predicted molar refractivity (Wildman–Crippen MR) is 91.9 cm³/mol. The molecule has 0 spiro atoms. The van der Waals surface area contributed by atoms with Crippen LogP contribution in [0.3, 0.4) is 0 Å². The molecule has 1 aromatic carbocycles. The number of nitrogens with zero attached hydrogens (tertiary/aromatic N) is 1. The van der Waals surface area contributed by atoms with E-state index in [0.29, 0.717) is 5.82 Å². The van der Waals surface area contributed by atoms with Gasteiger partial charge in [-0.2, -0.15) is 13.2 Å². The van der Waals surface area contributed by atoms with E-state index < -0.39 is 17.8 Å². The van der Waals surface area contributed by atoms with E-state index in [4.69, 9.17) is 4.74 Å². The highest BCUT2D eigenvalue weighted by Gasteiger charge is 2.30. The normalized spacial score (nSPS) is 13.6. The number of carbonyl (C=O) groups is 1. The van der Waals surface area contributed by atoms with E-state index >= 15 is 0 Å². The van der Waals surface area contributed by atoms with Crippen molar-refractivity contribution in [1.82, 2.24) is 10.3 Å². The van der Waals surface area contributed by atoms with Gasteiger partial charge in [0, 0.05) is 13.2 Å². The fourth-order valence-electron chi connectivity index (χ4n) is 2.25. The molecule has 0 radical (unpaired) electrons. The van der Waals surface area contributed by atoms with Gasteiger partial charge in [0.1, 0.15) is 11.6 Å². The lowest BCUT2D eigenvalue weighted by molar-refractivity contribution is -0.137. The van der Waals surface area contributed by atoms with E-state index in [9.17, 15) is 18.0 Å². The minimum Gasteiger partial charge on any atom is -0.481 e. The average molecular weight is 367 g/mol. The number of aromatic nitrogens is 1. The van der Waals surface area contributed by atoms with Gasteiger partial charge >= 0.3 is 6.18 Å². The monoisotopic (exact) mass is 367 g/mol. The van der Waals surface area contributed by atoms with Crippen molar-refractivity contribution in [1.29, 1.82) is 0 Å². The summed E-state index contributed by atoms with van der Waals surface area (Å²) in [6.07, 6.45) is -3.64. The number of halogens is 3. The molecule has 2 atom stereocenters. The maximum absolute atomic E-state index is 12.6. The van der Waals surface area contributed by atoms with Gasteiger partial charge in [-0.15, -0.1) is 0 Å². The second-order valence-electron chi connectivity index (χ2n) is 5.74. The molecule has 0 aliphatic heterocycles. The Balaban J connectivity index is 1.96. The Labute approximate surface area is 149 Å². The summed E-state index contributed by atoms with van der Waals surface area (Å²) in [5, 5.41) is 5.72. The predicted octanol–water partition coefficient (Wildman–Crippen LogP) is 3.79. The number of rotatable bonds is 6. The maximum Gasteiger partial charge on any atom is 0.416 e. The van der Waals surface area contributed by atoms with Crippen LogP contribution in [0.2, 0.25) is 0 Å². The number of pyridine rings is 1. The number of anilines is 1. The second kappa shape index (κ2) is 8.07. The van der Waals surface area contributed by atoms with Crippen molar-refractivity contribution in [3.63, 3.8) is 0 Å². The standard InChI is InChI=1S/C18H20F3N3O2/c1-11(13-8-9-23-16(10-13)22-3)24-17(25)12(2)26-15-6-4-14(5-7-15)18(19,20)21/h4-12H,1-3H3,(H,22,23)(H,24,25). The van der Waals surface area contributed by atoms with Gasteiger partial charge < -0.3 is 15.4 Å². The third-order valence-electron chi connectivity index (χ3n) is 3.76. The van der Waals surface area contributed by atoms with E-state index in [1.165, 1.54) is 19.1 Å². The lowest BCUT2D eigenvalue weighted by atomic mass is 10.1. The molecule has 0 aliphatic rings. The fraction of sp³-hybridized carbons (Fsp3) is 0.333. The third kappa shape index (κ3) is 5.11. The van der Waals surface area contributed by atoms with Crippen LogP contribution in [0.15, 0.2) is 42.6 Å². The van der Waals surface area contributed by atoms with Crippen molar-refractivity contribution < 1.29 is 22.7 Å². The average Bonchev–Trinajstić information content (AvgIpc) is 2.61. The van der Waals surface area contributed by atoms with E-state index in [0.717, 1.165) is 17.7 Å². The van der Waals surface area contributed by atoms with Crippen LogP contribution in [0.25, 0.3) is 0 Å². The summed E-state index contributed by atoms with van der Waals surface area (Å²) in [5.41, 5.74) is 0.0908. The Hall–Kier alpha value is -2.77. The molecule has 140 valence electrons. The van der Waals surface area contributed by atoms with Gasteiger partial charge in [0.15, 0.2) is 6.10 Å². The Bertz CT molecular complexity index is 748. The first-order valence-electron chi connectivity index (χ1n) is 7.98. The van der Waals surface area contributed by atoms with Crippen LogP contribution in [0.5, 0.6) is 5.75 Å². The first-order valence-corrected chi connectivity index (χ1v) is 7.98. The molecule has 2 aromatic rings. The van der Waals surface area contributed by atoms with Gasteiger partial charge in [0.2, 0.25) is 0 Å². The lowest BCUT2D eigenvalue weighted by Gasteiger charge is -2.19. The minimum absolute atomic E-state index is 0.190. The van der Waals surface area contributed by atoms with Crippen molar-refractivity contribution in [2.75, 3.05) is 12.4 Å². The highest BCUT2D eigenvalue weighted by molar-refractivity contribution is 5.81. The van der Waals surface area contributed by atoms with E-state index in [-0.39, 0.29) is 17.7 Å². The number of alkyl halides is 3. The van der Waals surface area contributed by atoms with Crippen molar-refractivity contribution in [3.05, 3.63) is 53.7 Å². The number of hydrogen-bond acceptors (Lipinski definition) is 4. The number of hydrogen-bond donors (Lipinski definition) is 2. The quantitative estimate of drug-likeness (QED) is 0.816. The lowest BCUT2D eigenvalue weighted by Crippen LogP contribution is -2.37. The molecular weight excluding hydrogens is 347 g/mol. The third-order valence-corrected chi connectivity index (χ3v) is 3.76. The maximum atomic E-state index is 12.6. The molecule has 1 heterocycles. The Morgan fingerprint density at radius 1 is 1.15 bits per heavy atom. The largest absolute Gasteiger partial charge is 0.481 e. The molecule has 0 saturated carbocycles. The highest BCUT2D eigenvalue weighted by atomic mass is 19.4. The van der Waals surface area contributed by atoms with Gasteiger partial charge in [0.25, 0.3) is 5.91 Å². The topological polar surface area (TPSA) is 63.2 Å². The van der Waals surface area contributed by atoms with Gasteiger partial charge in [-0.25, -0.2) is 4.98 Å². The van der Waals surface area contributed by atoms with Crippen molar-refractivity contribution in [2.45, 2.75) is 32.2 Å². The van der Waals surface area contributed by atoms with Gasteiger partial charge in [-0.3, -0.25) is 4.79 Å². The molecule has 0 aliphatic carbocycles. The zero-order chi connectivity index (χ0) is 19.3. The van der Waals surface area contributed by atoms with Crippen LogP contribution in [0.4, 0.5) is 19.0 Å². The molecule has 0 fully saturated rings. The molecule has 0 bridgehead atoms. The number of amides is 1. The molecule has 2 rings (SSSR count). The number of nitrogens with one attached hydrogen (secondary N) is 2. The molecular formula is C18H20F3N3O2. The van der Waals surface area contributed by atoms with E-state index in [2.05, 4.69) is 15.6 Å². The molecule has 2 N–H and O–H groups in total. The highest BCUT2D eigenvalue weighted by Crippen LogP contribution is 2.30. The van der Waals surface area contributed by atoms with E-state index in [1.807, 2.05) is 13.0 Å². The van der Waals surface area contributed by atoms with Crippen molar-refractivity contribution >= 4 is 11.7 Å². The fourth-order valence-corrected chi connectivity index (χ4v) is 2.25. The summed E-state index contributed by atoms with van der Waals surface area (Å²) in [6.45, 7) is 3.35. The SMILES string of the molecule is CNc1cc(C(C)NC(=O)C(C)Oc2ccc(C(F)(F)F)cc2)ccn1. The van der Waals surface area contributed by atoms with Crippen molar-refractivity contribution in [2.24, 2.45) is 0 Å². The molecule has 2 unspecified atom stereocenters. The van der Waals surface area contributed by atoms with Crippen LogP contribution in [-0.4, -0.2) is 24.0 Å². The summed E-state index contributed by atoms with van der Waals surface area (Å²) < 4.78 is 43.1. The Morgan fingerprint density at radius 3 is 2.38 bits per heavy atom. The first-order chi connectivity index (χ1) is 12.2. The molecule has 0 saturated heterocycles. The number of benzene rings is 1. The summed E-state index contributed by atoms with van der Waals surface area (Å²) in [4.78, 5) is 16.4. The van der Waals surface area contributed by atoms with E-state index in [1.54, 1.807) is 19.3 Å². The van der Waals surface area contributed by atoms with Crippen molar-refractivity contribution in [3.8, 4) is 5.75 Å². The zero-order valence-electron chi connectivity index (χ0n) is 14.6. The molecule has 1 aromatic heterocycles. The van der Waals surface area contributed by atoms with Crippen LogP contribution in [0.1, 0.15) is 31.0 Å². The van der Waals surface area contributed by atoms with Gasteiger partial charge in [-0.05, 0) is 55.8 Å². The number of ether oxygens (including phenoxy) is 1. The van der Waals surface area contributed by atoms with Crippen LogP contribution < -0.4 is 15.4 Å². The van der Waals surface area contributed by atoms with Crippen LogP contribution in [-0.2, 0) is 11.0 Å². The smallest absolute Gasteiger partial charge is 0.416 e. The molecule has 8 heteroatoms. The van der Waals surface area contributed by atoms with Gasteiger partial charge in [-0.1, -0.05) is 0 Å². The summed E-state index contributed by atoms with van der Waals surface area (Å²) in [7, 11) is 1.75. The van der Waals surface area contributed by atoms with Gasteiger partial charge in [0.05, 0.1) is 11.6 Å². The second-order valence-corrected chi connectivity index (χ2v) is 5.74. The first kappa shape index (κ1) is 19.6. The zero-order valence-corrected chi connectivity index (χ0v) is 14.6. The summed E-state index contributed by atoms with van der Waals surface area (Å²) in [6, 6.07) is 7.53.